The molecule has 0 saturated heterocycles. The second-order valence-electron chi connectivity index (χ2n) is 6.37. The maximum absolute atomic E-state index is 12.2. The predicted octanol–water partition coefficient (Wildman–Crippen LogP) is 4.08. The summed E-state index contributed by atoms with van der Waals surface area (Å²) >= 11 is 0. The predicted molar refractivity (Wildman–Crippen MR) is 104 cm³/mol. The number of anilines is 2. The van der Waals surface area contributed by atoms with Crippen molar-refractivity contribution in [2.45, 2.75) is 27.3 Å². The second-order valence-corrected chi connectivity index (χ2v) is 6.37. The maximum Gasteiger partial charge on any atom is 0.270 e. The van der Waals surface area contributed by atoms with Crippen LogP contribution in [0.4, 0.5) is 11.4 Å². The fourth-order valence-electron chi connectivity index (χ4n) is 2.90. The van der Waals surface area contributed by atoms with Gasteiger partial charge in [-0.05, 0) is 55.7 Å². The molecule has 5 heteroatoms. The minimum Gasteiger partial charge on any atom is -0.354 e. The van der Waals surface area contributed by atoms with Crippen LogP contribution in [0.25, 0.3) is 0 Å². The largest absolute Gasteiger partial charge is 0.354 e. The van der Waals surface area contributed by atoms with Gasteiger partial charge in [0.2, 0.25) is 0 Å². The van der Waals surface area contributed by atoms with Crippen LogP contribution in [0.2, 0.25) is 0 Å². The van der Waals surface area contributed by atoms with Gasteiger partial charge >= 0.3 is 0 Å². The first kappa shape index (κ1) is 17.6. The van der Waals surface area contributed by atoms with E-state index < -0.39 is 0 Å². The van der Waals surface area contributed by atoms with Crippen molar-refractivity contribution in [1.82, 2.24) is 15.3 Å². The van der Waals surface area contributed by atoms with E-state index in [4.69, 9.17) is 0 Å². The Morgan fingerprint density at radius 2 is 1.81 bits per heavy atom. The number of carbonyl (C=O) groups is 1. The Morgan fingerprint density at radius 1 is 1.04 bits per heavy atom. The molecule has 0 aliphatic heterocycles. The Hall–Kier alpha value is -3.21. The van der Waals surface area contributed by atoms with E-state index in [1.807, 2.05) is 18.2 Å². The van der Waals surface area contributed by atoms with Crippen molar-refractivity contribution in [3.05, 3.63) is 82.9 Å². The van der Waals surface area contributed by atoms with Crippen molar-refractivity contribution in [2.75, 3.05) is 5.32 Å². The molecule has 0 spiro atoms. The van der Waals surface area contributed by atoms with Crippen LogP contribution in [-0.2, 0) is 6.54 Å². The van der Waals surface area contributed by atoms with Gasteiger partial charge in [-0.2, -0.15) is 0 Å². The molecule has 1 aromatic carbocycles. The molecular formula is C21H22N4O. The standard InChI is InChI=1S/C21H22N4O/c1-14-9-15(2)20(16(3)10-14)25-18-6-7-19(23-13-18)21(26)24-12-17-5-4-8-22-11-17/h4-11,13,25H,12H2,1-3H3,(H,24,26). The van der Waals surface area contributed by atoms with Gasteiger partial charge in [0.15, 0.2) is 0 Å². The van der Waals surface area contributed by atoms with E-state index in [0.29, 0.717) is 12.2 Å². The zero-order valence-electron chi connectivity index (χ0n) is 15.2. The third kappa shape index (κ3) is 4.25. The lowest BCUT2D eigenvalue weighted by atomic mass is 10.0. The van der Waals surface area contributed by atoms with Gasteiger partial charge in [-0.25, -0.2) is 4.98 Å². The van der Waals surface area contributed by atoms with Gasteiger partial charge in [-0.3, -0.25) is 9.78 Å². The normalized spacial score (nSPS) is 10.4. The maximum atomic E-state index is 12.2. The lowest BCUT2D eigenvalue weighted by Crippen LogP contribution is -2.23. The summed E-state index contributed by atoms with van der Waals surface area (Å²) in [6.07, 6.45) is 5.11. The van der Waals surface area contributed by atoms with E-state index in [2.05, 4.69) is 53.5 Å². The Bertz CT molecular complexity index is 882. The molecule has 5 nitrogen and oxygen atoms in total. The summed E-state index contributed by atoms with van der Waals surface area (Å²) in [5.41, 5.74) is 6.86. The molecule has 1 amide bonds. The fraction of sp³-hybridized carbons (Fsp3) is 0.190. The van der Waals surface area contributed by atoms with Crippen molar-refractivity contribution < 1.29 is 4.79 Å². The number of aromatic nitrogens is 2. The molecular weight excluding hydrogens is 324 g/mol. The third-order valence-corrected chi connectivity index (χ3v) is 4.12. The van der Waals surface area contributed by atoms with E-state index >= 15 is 0 Å². The van der Waals surface area contributed by atoms with Gasteiger partial charge in [-0.15, -0.1) is 0 Å². The monoisotopic (exact) mass is 346 g/mol. The molecule has 0 fully saturated rings. The van der Waals surface area contributed by atoms with Gasteiger partial charge in [-0.1, -0.05) is 23.8 Å². The summed E-state index contributed by atoms with van der Waals surface area (Å²) < 4.78 is 0. The highest BCUT2D eigenvalue weighted by atomic mass is 16.1. The Balaban J connectivity index is 1.66. The summed E-state index contributed by atoms with van der Waals surface area (Å²) in [5, 5.41) is 6.24. The van der Waals surface area contributed by atoms with E-state index in [1.165, 1.54) is 16.7 Å². The topological polar surface area (TPSA) is 66.9 Å². The molecule has 3 aromatic rings. The number of nitrogens with zero attached hydrogens (tertiary/aromatic N) is 2. The Morgan fingerprint density at radius 3 is 2.42 bits per heavy atom. The van der Waals surface area contributed by atoms with Gasteiger partial charge in [0.25, 0.3) is 5.91 Å². The zero-order valence-corrected chi connectivity index (χ0v) is 15.2. The van der Waals surface area contributed by atoms with Crippen LogP contribution < -0.4 is 10.6 Å². The molecule has 0 saturated carbocycles. The number of hydrogen-bond acceptors (Lipinski definition) is 4. The zero-order chi connectivity index (χ0) is 18.5. The average Bonchev–Trinajstić information content (AvgIpc) is 2.64. The molecule has 2 N–H and O–H groups in total. The van der Waals surface area contributed by atoms with Crippen LogP contribution in [0.15, 0.2) is 55.0 Å². The Kier molecular flexibility index (Phi) is 5.27. The van der Waals surface area contributed by atoms with E-state index in [1.54, 1.807) is 24.7 Å². The number of nitrogens with one attached hydrogen (secondary N) is 2. The number of carbonyl (C=O) groups excluding carboxylic acids is 1. The summed E-state index contributed by atoms with van der Waals surface area (Å²) in [6.45, 7) is 6.67. The fourth-order valence-corrected chi connectivity index (χ4v) is 2.90. The number of pyridine rings is 2. The molecule has 3 rings (SSSR count). The van der Waals surface area contributed by atoms with E-state index in [9.17, 15) is 4.79 Å². The molecule has 0 bridgehead atoms. The summed E-state index contributed by atoms with van der Waals surface area (Å²) in [5.74, 6) is -0.205. The van der Waals surface area contributed by atoms with Crippen LogP contribution >= 0.6 is 0 Å². The highest BCUT2D eigenvalue weighted by molar-refractivity contribution is 5.92. The number of benzene rings is 1. The van der Waals surface area contributed by atoms with Crippen molar-refractivity contribution in [3.63, 3.8) is 0 Å². The highest BCUT2D eigenvalue weighted by Gasteiger charge is 2.08. The SMILES string of the molecule is Cc1cc(C)c(Nc2ccc(C(=O)NCc3cccnc3)nc2)c(C)c1. The van der Waals surface area contributed by atoms with Gasteiger partial charge in [0, 0.05) is 24.6 Å². The number of rotatable bonds is 5. The number of hydrogen-bond donors (Lipinski definition) is 2. The first-order valence-electron chi connectivity index (χ1n) is 8.51. The first-order valence-corrected chi connectivity index (χ1v) is 8.51. The van der Waals surface area contributed by atoms with Crippen LogP contribution in [0, 0.1) is 20.8 Å². The van der Waals surface area contributed by atoms with Crippen molar-refractivity contribution in [3.8, 4) is 0 Å². The van der Waals surface area contributed by atoms with Crippen molar-refractivity contribution >= 4 is 17.3 Å². The van der Waals surface area contributed by atoms with Crippen LogP contribution in [0.3, 0.4) is 0 Å². The molecule has 2 heterocycles. The van der Waals surface area contributed by atoms with E-state index in [-0.39, 0.29) is 5.91 Å². The van der Waals surface area contributed by atoms with Gasteiger partial charge in [0.05, 0.1) is 11.9 Å². The minimum atomic E-state index is -0.205. The highest BCUT2D eigenvalue weighted by Crippen LogP contribution is 2.25. The Labute approximate surface area is 153 Å². The quantitative estimate of drug-likeness (QED) is 0.731. The smallest absolute Gasteiger partial charge is 0.270 e. The van der Waals surface area contributed by atoms with Crippen LogP contribution in [0.1, 0.15) is 32.7 Å². The molecule has 2 aromatic heterocycles. The summed E-state index contributed by atoms with van der Waals surface area (Å²) in [6, 6.07) is 11.6. The van der Waals surface area contributed by atoms with Crippen molar-refractivity contribution in [2.24, 2.45) is 0 Å². The van der Waals surface area contributed by atoms with E-state index in [0.717, 1.165) is 16.9 Å². The summed E-state index contributed by atoms with van der Waals surface area (Å²) in [4.78, 5) is 20.5. The second kappa shape index (κ2) is 7.78. The molecule has 0 atom stereocenters. The molecule has 0 aliphatic carbocycles. The van der Waals surface area contributed by atoms with Gasteiger partial charge in [0.1, 0.15) is 5.69 Å². The number of aryl methyl sites for hydroxylation is 3. The summed E-state index contributed by atoms with van der Waals surface area (Å²) in [7, 11) is 0. The molecule has 132 valence electrons. The average molecular weight is 346 g/mol. The van der Waals surface area contributed by atoms with Crippen molar-refractivity contribution in [1.29, 1.82) is 0 Å². The van der Waals surface area contributed by atoms with Crippen LogP contribution in [-0.4, -0.2) is 15.9 Å². The van der Waals surface area contributed by atoms with Gasteiger partial charge < -0.3 is 10.6 Å². The van der Waals surface area contributed by atoms with Crippen LogP contribution in [0.5, 0.6) is 0 Å². The lowest BCUT2D eigenvalue weighted by Gasteiger charge is -2.14. The molecule has 0 aliphatic rings. The first-order chi connectivity index (χ1) is 12.5. The molecule has 26 heavy (non-hydrogen) atoms. The lowest BCUT2D eigenvalue weighted by molar-refractivity contribution is 0.0946. The molecule has 0 unspecified atom stereocenters. The third-order valence-electron chi connectivity index (χ3n) is 4.12. The molecule has 0 radical (unpaired) electrons. The number of amides is 1. The minimum absolute atomic E-state index is 0.205.